The highest BCUT2D eigenvalue weighted by Gasteiger charge is 2.29. The first-order valence-corrected chi connectivity index (χ1v) is 7.53. The van der Waals surface area contributed by atoms with Gasteiger partial charge in [-0.15, -0.1) is 11.3 Å². The van der Waals surface area contributed by atoms with Crippen LogP contribution < -0.4 is 4.90 Å². The first kappa shape index (κ1) is 15.3. The van der Waals surface area contributed by atoms with Crippen LogP contribution in [0.1, 0.15) is 35.8 Å². The van der Waals surface area contributed by atoms with Gasteiger partial charge in [-0.2, -0.15) is 5.26 Å². The zero-order chi connectivity index (χ0) is 15.6. The van der Waals surface area contributed by atoms with Gasteiger partial charge in [0.25, 0.3) is 0 Å². The molecule has 0 amide bonds. The summed E-state index contributed by atoms with van der Waals surface area (Å²) >= 11 is 1.43. The Morgan fingerprint density at radius 1 is 1.43 bits per heavy atom. The van der Waals surface area contributed by atoms with Crippen LogP contribution in [0, 0.1) is 11.3 Å². The summed E-state index contributed by atoms with van der Waals surface area (Å²) in [6.45, 7) is 1.59. The molecule has 0 saturated carbocycles. The maximum atomic E-state index is 11.3. The smallest absolute Gasteiger partial charge is 0.326 e. The lowest BCUT2D eigenvalue weighted by atomic mass is 10.1. The van der Waals surface area contributed by atoms with Crippen molar-refractivity contribution in [3.8, 4) is 6.07 Å². The van der Waals surface area contributed by atoms with E-state index in [1.165, 1.54) is 23.2 Å². The maximum absolute atomic E-state index is 11.3. The predicted octanol–water partition coefficient (Wildman–Crippen LogP) is 1.86. The maximum Gasteiger partial charge on any atom is 0.326 e. The molecule has 0 aromatic carbocycles. The molecule has 1 aliphatic carbocycles. The van der Waals surface area contributed by atoms with Gasteiger partial charge in [0.05, 0.1) is 12.0 Å². The van der Waals surface area contributed by atoms with Crippen molar-refractivity contribution < 1.29 is 19.8 Å². The molecule has 1 unspecified atom stereocenters. The minimum Gasteiger partial charge on any atom is -0.481 e. The zero-order valence-corrected chi connectivity index (χ0v) is 12.4. The second-order valence-corrected chi connectivity index (χ2v) is 6.08. The van der Waals surface area contributed by atoms with E-state index < -0.39 is 18.0 Å². The van der Waals surface area contributed by atoms with Gasteiger partial charge in [0.1, 0.15) is 17.1 Å². The summed E-state index contributed by atoms with van der Waals surface area (Å²) in [6.07, 6.45) is 2.59. The number of hydrogen-bond acceptors (Lipinski definition) is 5. The number of aryl methyl sites for hydroxylation is 1. The Bertz CT molecular complexity index is 617. The van der Waals surface area contributed by atoms with Crippen molar-refractivity contribution in [2.24, 2.45) is 0 Å². The molecule has 0 saturated heterocycles. The normalized spacial score (nSPS) is 14.3. The van der Waals surface area contributed by atoms with E-state index in [4.69, 9.17) is 5.11 Å². The van der Waals surface area contributed by atoms with Crippen molar-refractivity contribution in [2.45, 2.75) is 38.6 Å². The van der Waals surface area contributed by atoms with E-state index in [1.54, 1.807) is 0 Å². The predicted molar refractivity (Wildman–Crippen MR) is 77.8 cm³/mol. The summed E-state index contributed by atoms with van der Waals surface area (Å²) < 4.78 is 0. The summed E-state index contributed by atoms with van der Waals surface area (Å²) in [7, 11) is 0. The van der Waals surface area contributed by atoms with Crippen LogP contribution in [-0.2, 0) is 22.4 Å². The van der Waals surface area contributed by atoms with Crippen LogP contribution in [0.3, 0.4) is 0 Å². The largest absolute Gasteiger partial charge is 0.481 e. The number of aliphatic carboxylic acids is 2. The fourth-order valence-corrected chi connectivity index (χ4v) is 3.97. The Morgan fingerprint density at radius 3 is 2.71 bits per heavy atom. The third kappa shape index (κ3) is 3.00. The Balaban J connectivity index is 2.39. The minimum atomic E-state index is -1.03. The molecule has 112 valence electrons. The van der Waals surface area contributed by atoms with Crippen LogP contribution >= 0.6 is 11.3 Å². The highest BCUT2D eigenvalue weighted by atomic mass is 32.1. The van der Waals surface area contributed by atoms with E-state index >= 15 is 0 Å². The van der Waals surface area contributed by atoms with Crippen LogP contribution in [0.2, 0.25) is 0 Å². The second-order valence-electron chi connectivity index (χ2n) is 5.00. The molecule has 21 heavy (non-hydrogen) atoms. The van der Waals surface area contributed by atoms with Gasteiger partial charge in [-0.25, -0.2) is 4.79 Å². The molecule has 2 N–H and O–H groups in total. The molecule has 7 heteroatoms. The summed E-state index contributed by atoms with van der Waals surface area (Å²) in [5, 5.41) is 28.0. The fourth-order valence-electron chi connectivity index (χ4n) is 2.53. The highest BCUT2D eigenvalue weighted by Crippen LogP contribution is 2.41. The topological polar surface area (TPSA) is 102 Å². The van der Waals surface area contributed by atoms with Gasteiger partial charge in [-0.05, 0) is 31.7 Å². The molecule has 0 spiro atoms. The third-order valence-corrected chi connectivity index (χ3v) is 5.00. The van der Waals surface area contributed by atoms with Crippen LogP contribution in [0.25, 0.3) is 0 Å². The highest BCUT2D eigenvalue weighted by molar-refractivity contribution is 7.16. The van der Waals surface area contributed by atoms with Gasteiger partial charge < -0.3 is 15.1 Å². The molecular weight excluding hydrogens is 292 g/mol. The Hall–Kier alpha value is -2.07. The Labute approximate surface area is 126 Å². The van der Waals surface area contributed by atoms with E-state index in [2.05, 4.69) is 6.07 Å². The van der Waals surface area contributed by atoms with Crippen molar-refractivity contribution in [1.82, 2.24) is 0 Å². The molecule has 0 aliphatic heterocycles. The molecule has 1 aromatic heterocycles. The number of carbonyl (C=O) groups is 2. The van der Waals surface area contributed by atoms with Crippen LogP contribution in [0.4, 0.5) is 5.00 Å². The van der Waals surface area contributed by atoms with Gasteiger partial charge >= 0.3 is 11.9 Å². The summed E-state index contributed by atoms with van der Waals surface area (Å²) in [4.78, 5) is 24.7. The number of nitrogens with zero attached hydrogens (tertiary/aromatic N) is 2. The SMILES string of the molecule is CC(C(=O)O)N(CCC(=O)O)c1sc2c(c1C#N)CCC2. The van der Waals surface area contributed by atoms with Crippen molar-refractivity contribution in [2.75, 3.05) is 11.4 Å². The number of hydrogen-bond donors (Lipinski definition) is 2. The second kappa shape index (κ2) is 6.14. The lowest BCUT2D eigenvalue weighted by Crippen LogP contribution is -2.40. The molecule has 6 nitrogen and oxygen atoms in total. The molecule has 0 radical (unpaired) electrons. The first-order chi connectivity index (χ1) is 9.95. The summed E-state index contributed by atoms with van der Waals surface area (Å²) in [5.74, 6) is -2.02. The van der Waals surface area contributed by atoms with E-state index in [0.29, 0.717) is 10.6 Å². The minimum absolute atomic E-state index is 0.0802. The number of carboxylic acids is 2. The summed E-state index contributed by atoms with van der Waals surface area (Å²) in [5.41, 5.74) is 1.53. The van der Waals surface area contributed by atoms with E-state index in [1.807, 2.05) is 0 Å². The Morgan fingerprint density at radius 2 is 2.14 bits per heavy atom. The molecule has 1 atom stereocenters. The van der Waals surface area contributed by atoms with Gasteiger partial charge in [0, 0.05) is 11.4 Å². The molecule has 1 aromatic rings. The summed E-state index contributed by atoms with van der Waals surface area (Å²) in [6, 6.07) is 1.30. The number of fused-ring (bicyclic) bond motifs is 1. The van der Waals surface area contributed by atoms with Gasteiger partial charge in [-0.1, -0.05) is 0 Å². The fraction of sp³-hybridized carbons (Fsp3) is 0.500. The molecule has 1 heterocycles. The average molecular weight is 308 g/mol. The lowest BCUT2D eigenvalue weighted by molar-refractivity contribution is -0.139. The van der Waals surface area contributed by atoms with Crippen molar-refractivity contribution in [3.63, 3.8) is 0 Å². The molecule has 0 bridgehead atoms. The first-order valence-electron chi connectivity index (χ1n) is 6.71. The zero-order valence-electron chi connectivity index (χ0n) is 11.6. The number of nitriles is 1. The van der Waals surface area contributed by atoms with E-state index in [0.717, 1.165) is 29.7 Å². The molecule has 1 aliphatic rings. The van der Waals surface area contributed by atoms with Gasteiger partial charge in [0.2, 0.25) is 0 Å². The number of thiophene rings is 1. The third-order valence-electron chi connectivity index (χ3n) is 3.67. The lowest BCUT2D eigenvalue weighted by Gasteiger charge is -2.27. The van der Waals surface area contributed by atoms with E-state index in [-0.39, 0.29) is 13.0 Å². The van der Waals surface area contributed by atoms with Crippen LogP contribution in [0.5, 0.6) is 0 Å². The van der Waals surface area contributed by atoms with Crippen LogP contribution in [-0.4, -0.2) is 34.7 Å². The Kier molecular flexibility index (Phi) is 4.48. The molecule has 0 fully saturated rings. The van der Waals surface area contributed by atoms with Gasteiger partial charge in [0.15, 0.2) is 0 Å². The standard InChI is InChI=1S/C14H16N2O4S/c1-8(14(19)20)16(6-5-12(17)18)13-10(7-15)9-3-2-4-11(9)21-13/h8H,2-6H2,1H3,(H,17,18)(H,19,20). The van der Waals surface area contributed by atoms with Crippen LogP contribution in [0.15, 0.2) is 0 Å². The quantitative estimate of drug-likeness (QED) is 0.831. The van der Waals surface area contributed by atoms with E-state index in [9.17, 15) is 20.0 Å². The average Bonchev–Trinajstić information content (AvgIpc) is 2.98. The monoisotopic (exact) mass is 308 g/mol. The number of carboxylic acid groups (broad SMARTS) is 2. The van der Waals surface area contributed by atoms with Crippen molar-refractivity contribution in [3.05, 3.63) is 16.0 Å². The van der Waals surface area contributed by atoms with Crippen molar-refractivity contribution in [1.29, 1.82) is 5.26 Å². The number of anilines is 1. The number of rotatable bonds is 6. The van der Waals surface area contributed by atoms with Gasteiger partial charge in [-0.3, -0.25) is 4.79 Å². The molecule has 2 rings (SSSR count). The van der Waals surface area contributed by atoms with Crippen molar-refractivity contribution >= 4 is 28.3 Å². The molecular formula is C14H16N2O4S.